The summed E-state index contributed by atoms with van der Waals surface area (Å²) in [5, 5.41) is 15.7. The van der Waals surface area contributed by atoms with Crippen molar-refractivity contribution in [3.63, 3.8) is 0 Å². The number of nitrogens with one attached hydrogen (secondary N) is 2. The lowest BCUT2D eigenvalue weighted by atomic mass is 9.70. The average Bonchev–Trinajstić information content (AvgIpc) is 3.37. The quantitative estimate of drug-likeness (QED) is 0.569. The van der Waals surface area contributed by atoms with Crippen LogP contribution < -0.4 is 10.6 Å². The monoisotopic (exact) mass is 445 g/mol. The number of aliphatic hydroxyl groups excluding tert-OH is 1. The molecule has 3 saturated heterocycles. The molecule has 0 radical (unpaired) electrons. The van der Waals surface area contributed by atoms with Gasteiger partial charge in [-0.15, -0.1) is 11.8 Å². The van der Waals surface area contributed by atoms with E-state index in [-0.39, 0.29) is 42.2 Å². The summed E-state index contributed by atoms with van der Waals surface area (Å²) in [4.78, 5) is 41.6. The highest BCUT2D eigenvalue weighted by atomic mass is 32.2. The van der Waals surface area contributed by atoms with Crippen LogP contribution in [0.4, 0.5) is 5.69 Å². The Hall–Kier alpha value is -2.06. The molecule has 3 amide bonds. The van der Waals surface area contributed by atoms with Gasteiger partial charge in [0.1, 0.15) is 6.04 Å². The molecule has 168 valence electrons. The van der Waals surface area contributed by atoms with Crippen LogP contribution in [0.2, 0.25) is 0 Å². The molecule has 0 aromatic heterocycles. The van der Waals surface area contributed by atoms with Crippen molar-refractivity contribution in [1.29, 1.82) is 0 Å². The molecule has 2 bridgehead atoms. The Kier molecular flexibility index (Phi) is 6.30. The highest BCUT2D eigenvalue weighted by molar-refractivity contribution is 8.02. The number of amides is 3. The van der Waals surface area contributed by atoms with Gasteiger partial charge in [0.15, 0.2) is 0 Å². The molecular weight excluding hydrogens is 414 g/mol. The first-order valence-electron chi connectivity index (χ1n) is 11.2. The van der Waals surface area contributed by atoms with Crippen LogP contribution in [-0.4, -0.2) is 63.0 Å². The number of rotatable bonds is 8. The Morgan fingerprint density at radius 2 is 2.03 bits per heavy atom. The number of thioether (sulfide) groups is 1. The summed E-state index contributed by atoms with van der Waals surface area (Å²) < 4.78 is -0.606. The molecule has 31 heavy (non-hydrogen) atoms. The van der Waals surface area contributed by atoms with Crippen molar-refractivity contribution in [2.24, 2.45) is 11.8 Å². The summed E-state index contributed by atoms with van der Waals surface area (Å²) in [7, 11) is 0. The van der Waals surface area contributed by atoms with E-state index in [1.807, 2.05) is 37.3 Å². The largest absolute Gasteiger partial charge is 0.395 e. The van der Waals surface area contributed by atoms with Gasteiger partial charge in [-0.1, -0.05) is 31.5 Å². The van der Waals surface area contributed by atoms with Gasteiger partial charge in [0.05, 0.1) is 23.2 Å². The van der Waals surface area contributed by atoms with E-state index < -0.39 is 22.6 Å². The summed E-state index contributed by atoms with van der Waals surface area (Å²) in [6.45, 7) is 3.94. The number of β-amino-alcohol motifs (C(OH)–C–C–N with tert-alkyl or cyclic N) is 1. The Bertz CT molecular complexity index is 850. The molecule has 4 rings (SSSR count). The van der Waals surface area contributed by atoms with E-state index in [1.165, 1.54) is 4.90 Å². The van der Waals surface area contributed by atoms with Crippen LogP contribution in [0.15, 0.2) is 30.3 Å². The molecule has 3 aliphatic rings. The third kappa shape index (κ3) is 3.74. The first-order valence-corrected chi connectivity index (χ1v) is 12.1. The van der Waals surface area contributed by atoms with Crippen molar-refractivity contribution in [3.05, 3.63) is 30.3 Å². The highest BCUT2D eigenvalue weighted by Gasteiger charge is 2.73. The van der Waals surface area contributed by atoms with Crippen molar-refractivity contribution in [2.75, 3.05) is 18.5 Å². The number of aliphatic hydroxyl groups is 1. The van der Waals surface area contributed by atoms with Crippen LogP contribution in [0.25, 0.3) is 0 Å². The first-order chi connectivity index (χ1) is 14.9. The molecule has 3 N–H and O–H groups in total. The topological polar surface area (TPSA) is 98.7 Å². The molecule has 8 heteroatoms. The maximum atomic E-state index is 13.5. The number of carbonyl (C=O) groups excluding carboxylic acids is 3. The number of likely N-dealkylation sites (tertiary alicyclic amines) is 1. The number of hydrogen-bond donors (Lipinski definition) is 3. The van der Waals surface area contributed by atoms with Crippen molar-refractivity contribution < 1.29 is 19.5 Å². The van der Waals surface area contributed by atoms with Crippen LogP contribution >= 0.6 is 11.8 Å². The molecule has 0 saturated carbocycles. The lowest BCUT2D eigenvalue weighted by molar-refractivity contribution is -0.139. The fourth-order valence-corrected chi connectivity index (χ4v) is 7.90. The Labute approximate surface area is 187 Å². The predicted octanol–water partition coefficient (Wildman–Crippen LogP) is 2.01. The van der Waals surface area contributed by atoms with Gasteiger partial charge in [-0.2, -0.15) is 0 Å². The molecule has 3 aliphatic heterocycles. The average molecular weight is 446 g/mol. The normalized spacial score (nSPS) is 32.1. The predicted molar refractivity (Wildman–Crippen MR) is 120 cm³/mol. The van der Waals surface area contributed by atoms with E-state index >= 15 is 0 Å². The van der Waals surface area contributed by atoms with Gasteiger partial charge in [0.25, 0.3) is 0 Å². The van der Waals surface area contributed by atoms with E-state index in [0.29, 0.717) is 5.69 Å². The van der Waals surface area contributed by atoms with E-state index in [4.69, 9.17) is 0 Å². The number of anilines is 1. The number of carbonyl (C=O) groups is 3. The summed E-state index contributed by atoms with van der Waals surface area (Å²) in [5.74, 6) is -1.52. The Balaban J connectivity index is 1.62. The maximum Gasteiger partial charge on any atom is 0.244 e. The third-order valence-corrected chi connectivity index (χ3v) is 8.80. The van der Waals surface area contributed by atoms with E-state index in [2.05, 4.69) is 17.6 Å². The molecule has 3 unspecified atom stereocenters. The number of hydrogen-bond acceptors (Lipinski definition) is 5. The standard InChI is InChI=1S/C23H31N3O4S/c1-3-7-14(2)24-21(29)19-23-11-10-16(31-23)17(18(23)22(30)26(19)12-13-27)20(28)25-15-8-5-4-6-9-15/h4-6,8-9,14,16-19,27H,3,7,10-13H2,1-2H3,(H,24,29)(H,25,28)/t14?,16-,17+,18+,19?,23?/m1/s1. The second-order valence-corrected chi connectivity index (χ2v) is 10.5. The van der Waals surface area contributed by atoms with Gasteiger partial charge in [-0.05, 0) is 38.3 Å². The first kappa shape index (κ1) is 22.1. The van der Waals surface area contributed by atoms with Gasteiger partial charge in [-0.25, -0.2) is 0 Å². The highest BCUT2D eigenvalue weighted by Crippen LogP contribution is 2.66. The van der Waals surface area contributed by atoms with E-state index in [9.17, 15) is 19.5 Å². The van der Waals surface area contributed by atoms with Crippen molar-refractivity contribution >= 4 is 35.2 Å². The van der Waals surface area contributed by atoms with E-state index in [1.54, 1.807) is 11.8 Å². The van der Waals surface area contributed by atoms with Gasteiger partial charge in [0.2, 0.25) is 17.7 Å². The third-order valence-electron chi connectivity index (χ3n) is 6.84. The number of fused-ring (bicyclic) bond motifs is 1. The number of benzene rings is 1. The molecule has 1 aromatic rings. The molecule has 6 atom stereocenters. The Morgan fingerprint density at radius 1 is 1.29 bits per heavy atom. The fraction of sp³-hybridized carbons (Fsp3) is 0.609. The van der Waals surface area contributed by atoms with Crippen molar-refractivity contribution in [3.8, 4) is 0 Å². The fourth-order valence-electron chi connectivity index (χ4n) is 5.68. The minimum absolute atomic E-state index is 0.0137. The second kappa shape index (κ2) is 8.82. The van der Waals surface area contributed by atoms with Crippen LogP contribution in [-0.2, 0) is 14.4 Å². The van der Waals surface area contributed by atoms with Gasteiger partial charge >= 0.3 is 0 Å². The molecule has 1 spiro atoms. The zero-order chi connectivity index (χ0) is 22.2. The number of nitrogens with zero attached hydrogens (tertiary/aromatic N) is 1. The minimum atomic E-state index is -0.652. The molecule has 1 aromatic carbocycles. The molecule has 3 heterocycles. The van der Waals surface area contributed by atoms with Crippen LogP contribution in [0, 0.1) is 11.8 Å². The van der Waals surface area contributed by atoms with Crippen molar-refractivity contribution in [2.45, 2.75) is 61.6 Å². The van der Waals surface area contributed by atoms with Crippen molar-refractivity contribution in [1.82, 2.24) is 10.2 Å². The molecule has 7 nitrogen and oxygen atoms in total. The lowest BCUT2D eigenvalue weighted by Crippen LogP contribution is -2.55. The summed E-state index contributed by atoms with van der Waals surface area (Å²) in [6.07, 6.45) is 3.36. The van der Waals surface area contributed by atoms with Crippen LogP contribution in [0.1, 0.15) is 39.5 Å². The van der Waals surface area contributed by atoms with Crippen LogP contribution in [0.5, 0.6) is 0 Å². The Morgan fingerprint density at radius 3 is 2.71 bits per heavy atom. The van der Waals surface area contributed by atoms with Crippen LogP contribution in [0.3, 0.4) is 0 Å². The SMILES string of the molecule is CCCC(C)NC(=O)C1N(CCO)C(=O)[C@@H]2[C@@H](C(=O)Nc3ccccc3)[C@H]3CCC12S3. The van der Waals surface area contributed by atoms with E-state index in [0.717, 1.165) is 25.7 Å². The second-order valence-electron chi connectivity index (χ2n) is 8.86. The summed E-state index contributed by atoms with van der Waals surface area (Å²) in [5.41, 5.74) is 0.703. The van der Waals surface area contributed by atoms with Gasteiger partial charge < -0.3 is 20.6 Å². The summed E-state index contributed by atoms with van der Waals surface area (Å²) >= 11 is 1.64. The number of para-hydroxylation sites is 1. The summed E-state index contributed by atoms with van der Waals surface area (Å²) in [6, 6.07) is 8.61. The van der Waals surface area contributed by atoms with Gasteiger partial charge in [0, 0.05) is 23.5 Å². The molecule has 0 aliphatic carbocycles. The molecule has 3 fully saturated rings. The molecular formula is C23H31N3O4S. The lowest BCUT2D eigenvalue weighted by Gasteiger charge is -2.34. The zero-order valence-electron chi connectivity index (χ0n) is 18.0. The smallest absolute Gasteiger partial charge is 0.244 e. The maximum absolute atomic E-state index is 13.5. The zero-order valence-corrected chi connectivity index (χ0v) is 18.9. The van der Waals surface area contributed by atoms with Gasteiger partial charge in [-0.3, -0.25) is 14.4 Å². The minimum Gasteiger partial charge on any atom is -0.395 e.